The topological polar surface area (TPSA) is 3.24 Å². The largest absolute Gasteiger partial charge is 0.310 e. The molecular weight excluding hydrogens is 482 g/mol. The average Bonchev–Trinajstić information content (AvgIpc) is 3.00. The molecule has 6 rings (SSSR count). The molecule has 1 nitrogen and oxygen atoms in total. The molecule has 0 saturated heterocycles. The molecule has 0 heterocycles. The summed E-state index contributed by atoms with van der Waals surface area (Å²) in [6, 6.07) is 55.7. The van der Waals surface area contributed by atoms with Crippen LogP contribution in [0.1, 0.15) is 16.7 Å². The van der Waals surface area contributed by atoms with Gasteiger partial charge in [0.05, 0.1) is 0 Å². The van der Waals surface area contributed by atoms with Gasteiger partial charge in [-0.25, -0.2) is 0 Å². The first kappa shape index (κ1) is 26.7. The lowest BCUT2D eigenvalue weighted by Crippen LogP contribution is -2.11. The van der Waals surface area contributed by atoms with Crippen molar-refractivity contribution in [3.63, 3.8) is 0 Å². The van der Waals surface area contributed by atoms with Gasteiger partial charge in [0, 0.05) is 17.1 Å². The lowest BCUT2D eigenvalue weighted by molar-refractivity contribution is 1.24. The lowest BCUT2D eigenvalue weighted by Gasteiger charge is -2.28. The Hall–Kier alpha value is -4.88. The number of anilines is 3. The first-order chi connectivity index (χ1) is 19.6. The molecule has 0 bridgehead atoms. The molecule has 6 aromatic carbocycles. The van der Waals surface area contributed by atoms with Gasteiger partial charge in [-0.05, 0) is 90.6 Å². The van der Waals surface area contributed by atoms with Crippen LogP contribution in [-0.4, -0.2) is 0 Å². The summed E-state index contributed by atoms with van der Waals surface area (Å²) in [5.74, 6) is 0. The summed E-state index contributed by atoms with van der Waals surface area (Å²) in [6.07, 6.45) is 0. The van der Waals surface area contributed by atoms with E-state index in [1.165, 1.54) is 44.6 Å². The average molecular weight is 518 g/mol. The van der Waals surface area contributed by atoms with Gasteiger partial charge >= 0.3 is 0 Å². The normalized spacial score (nSPS) is 10.4. The van der Waals surface area contributed by atoms with Crippen LogP contribution in [0.15, 0.2) is 158 Å². The van der Waals surface area contributed by atoms with Crippen LogP contribution in [0.25, 0.3) is 22.3 Å². The Labute approximate surface area is 239 Å². The number of aryl methyl sites for hydroxylation is 3. The maximum absolute atomic E-state index is 2.36. The van der Waals surface area contributed by atoms with E-state index in [4.69, 9.17) is 0 Å². The van der Waals surface area contributed by atoms with Gasteiger partial charge in [-0.2, -0.15) is 0 Å². The van der Waals surface area contributed by atoms with E-state index in [1.807, 2.05) is 18.2 Å². The second-order valence-corrected chi connectivity index (χ2v) is 10.1. The molecule has 0 atom stereocenters. The van der Waals surface area contributed by atoms with Gasteiger partial charge in [0.25, 0.3) is 0 Å². The molecule has 40 heavy (non-hydrogen) atoms. The Morgan fingerprint density at radius 3 is 1.35 bits per heavy atom. The van der Waals surface area contributed by atoms with Crippen LogP contribution in [0.3, 0.4) is 0 Å². The molecule has 0 radical (unpaired) electrons. The molecule has 0 aromatic heterocycles. The third-order valence-electron chi connectivity index (χ3n) is 6.96. The van der Waals surface area contributed by atoms with Crippen LogP contribution in [0.2, 0.25) is 0 Å². The van der Waals surface area contributed by atoms with Gasteiger partial charge < -0.3 is 4.90 Å². The smallest absolute Gasteiger partial charge is 0.0491 e. The lowest BCUT2D eigenvalue weighted by atomic mass is 10.0. The van der Waals surface area contributed by atoms with Crippen LogP contribution < -0.4 is 4.90 Å². The second kappa shape index (κ2) is 12.8. The van der Waals surface area contributed by atoms with Crippen LogP contribution >= 0.6 is 0 Å². The molecule has 0 aliphatic carbocycles. The van der Waals surface area contributed by atoms with E-state index in [-0.39, 0.29) is 0 Å². The van der Waals surface area contributed by atoms with Crippen molar-refractivity contribution in [1.82, 2.24) is 0 Å². The standard InChI is InChI=1S/C32H27N.C7H8/c1-24-11-9-17-30(21-24)33(31-18-10-16-28(23-31)26-12-5-3-6-13-26)32-20-19-29(22-25(32)2)27-14-7-4-8-15-27;1-7-5-3-2-4-6-7/h3-23H,1-2H3;2-6H,1H3. The van der Waals surface area contributed by atoms with E-state index in [1.54, 1.807) is 0 Å². The summed E-state index contributed by atoms with van der Waals surface area (Å²) >= 11 is 0. The molecule has 0 spiro atoms. The molecule has 196 valence electrons. The highest BCUT2D eigenvalue weighted by atomic mass is 15.1. The zero-order valence-corrected chi connectivity index (χ0v) is 23.5. The molecule has 0 aliphatic heterocycles. The first-order valence-corrected chi connectivity index (χ1v) is 13.8. The molecule has 0 aliphatic rings. The Morgan fingerprint density at radius 1 is 0.350 bits per heavy atom. The van der Waals surface area contributed by atoms with Crippen molar-refractivity contribution in [1.29, 1.82) is 0 Å². The maximum atomic E-state index is 2.36. The minimum absolute atomic E-state index is 1.15. The minimum atomic E-state index is 1.15. The molecule has 0 N–H and O–H groups in total. The van der Waals surface area contributed by atoms with E-state index >= 15 is 0 Å². The Bertz CT molecular complexity index is 1650. The zero-order valence-electron chi connectivity index (χ0n) is 23.5. The summed E-state index contributed by atoms with van der Waals surface area (Å²) in [4.78, 5) is 2.36. The van der Waals surface area contributed by atoms with Gasteiger partial charge in [-0.15, -0.1) is 0 Å². The van der Waals surface area contributed by atoms with E-state index in [0.29, 0.717) is 0 Å². The fourth-order valence-electron chi connectivity index (χ4n) is 4.90. The maximum Gasteiger partial charge on any atom is 0.0491 e. The summed E-state index contributed by atoms with van der Waals surface area (Å²) in [6.45, 7) is 6.43. The number of nitrogens with zero attached hydrogens (tertiary/aromatic N) is 1. The molecule has 0 unspecified atom stereocenters. The fraction of sp³-hybridized carbons (Fsp3) is 0.0769. The Balaban J connectivity index is 0.000000403. The van der Waals surface area contributed by atoms with Crippen LogP contribution in [-0.2, 0) is 0 Å². The van der Waals surface area contributed by atoms with Crippen molar-refractivity contribution in [3.8, 4) is 22.3 Å². The van der Waals surface area contributed by atoms with Crippen LogP contribution in [0.5, 0.6) is 0 Å². The van der Waals surface area contributed by atoms with E-state index in [9.17, 15) is 0 Å². The van der Waals surface area contributed by atoms with Gasteiger partial charge in [-0.3, -0.25) is 0 Å². The van der Waals surface area contributed by atoms with E-state index < -0.39 is 0 Å². The summed E-state index contributed by atoms with van der Waals surface area (Å²) in [7, 11) is 0. The summed E-state index contributed by atoms with van der Waals surface area (Å²) < 4.78 is 0. The van der Waals surface area contributed by atoms with Crippen molar-refractivity contribution in [2.24, 2.45) is 0 Å². The van der Waals surface area contributed by atoms with Crippen molar-refractivity contribution in [3.05, 3.63) is 174 Å². The predicted molar refractivity (Wildman–Crippen MR) is 173 cm³/mol. The van der Waals surface area contributed by atoms with Gasteiger partial charge in [-0.1, -0.05) is 127 Å². The Kier molecular flexibility index (Phi) is 8.53. The second-order valence-electron chi connectivity index (χ2n) is 10.1. The van der Waals surface area contributed by atoms with Crippen LogP contribution in [0.4, 0.5) is 17.1 Å². The third kappa shape index (κ3) is 6.57. The van der Waals surface area contributed by atoms with E-state index in [0.717, 1.165) is 11.4 Å². The van der Waals surface area contributed by atoms with Crippen molar-refractivity contribution >= 4 is 17.1 Å². The monoisotopic (exact) mass is 517 g/mol. The van der Waals surface area contributed by atoms with Gasteiger partial charge in [0.15, 0.2) is 0 Å². The molecular formula is C39H35N. The zero-order chi connectivity index (χ0) is 27.7. The molecule has 0 amide bonds. The van der Waals surface area contributed by atoms with E-state index in [2.05, 4.69) is 165 Å². The van der Waals surface area contributed by atoms with Gasteiger partial charge in [0.1, 0.15) is 0 Å². The molecule has 0 fully saturated rings. The Morgan fingerprint density at radius 2 is 0.825 bits per heavy atom. The molecule has 6 aromatic rings. The summed E-state index contributed by atoms with van der Waals surface area (Å²) in [5.41, 5.74) is 12.2. The number of hydrogen-bond donors (Lipinski definition) is 0. The van der Waals surface area contributed by atoms with Crippen molar-refractivity contribution < 1.29 is 0 Å². The predicted octanol–water partition coefficient (Wildman–Crippen LogP) is 11.1. The fourth-order valence-corrected chi connectivity index (χ4v) is 4.90. The van der Waals surface area contributed by atoms with Crippen LogP contribution in [0, 0.1) is 20.8 Å². The SMILES string of the molecule is Cc1cccc(N(c2cccc(-c3ccccc3)c2)c2ccc(-c3ccccc3)cc2C)c1.Cc1ccccc1. The highest BCUT2D eigenvalue weighted by molar-refractivity contribution is 5.83. The number of benzene rings is 6. The molecule has 1 heteroatoms. The number of rotatable bonds is 5. The van der Waals surface area contributed by atoms with Crippen molar-refractivity contribution in [2.45, 2.75) is 20.8 Å². The highest BCUT2D eigenvalue weighted by Gasteiger charge is 2.16. The third-order valence-corrected chi connectivity index (χ3v) is 6.96. The highest BCUT2D eigenvalue weighted by Crippen LogP contribution is 2.39. The van der Waals surface area contributed by atoms with Crippen molar-refractivity contribution in [2.75, 3.05) is 4.90 Å². The minimum Gasteiger partial charge on any atom is -0.310 e. The van der Waals surface area contributed by atoms with Gasteiger partial charge in [0.2, 0.25) is 0 Å². The first-order valence-electron chi connectivity index (χ1n) is 13.8. The quantitative estimate of drug-likeness (QED) is 0.220. The molecule has 0 saturated carbocycles. The summed E-state index contributed by atoms with van der Waals surface area (Å²) in [5, 5.41) is 0. The number of hydrogen-bond acceptors (Lipinski definition) is 1.